The lowest BCUT2D eigenvalue weighted by molar-refractivity contribution is 0.580. The van der Waals surface area contributed by atoms with Gasteiger partial charge in [0.05, 0.1) is 17.8 Å². The van der Waals surface area contributed by atoms with Gasteiger partial charge in [0.25, 0.3) is 0 Å². The number of H-pyrrole nitrogens is 1. The Morgan fingerprint density at radius 3 is 2.44 bits per heavy atom. The molecule has 5 nitrogen and oxygen atoms in total. The summed E-state index contributed by atoms with van der Waals surface area (Å²) in [4.78, 5) is 6.61. The second-order valence-electron chi connectivity index (χ2n) is 3.51. The fraction of sp³-hybridized carbons (Fsp3) is 0.100. The first-order valence-electron chi connectivity index (χ1n) is 4.90. The minimum atomic E-state index is -3.65. The molecule has 0 aliphatic heterocycles. The summed E-state index contributed by atoms with van der Waals surface area (Å²) in [6, 6.07) is 4.14. The molecule has 0 saturated heterocycles. The van der Waals surface area contributed by atoms with Crippen LogP contribution in [-0.2, 0) is 16.6 Å². The van der Waals surface area contributed by atoms with Crippen molar-refractivity contribution in [2.75, 3.05) is 0 Å². The van der Waals surface area contributed by atoms with Gasteiger partial charge in [0.2, 0.25) is 10.0 Å². The molecule has 0 spiro atoms. The van der Waals surface area contributed by atoms with E-state index in [4.69, 9.17) is 23.2 Å². The van der Waals surface area contributed by atoms with Crippen LogP contribution in [0.2, 0.25) is 10.0 Å². The highest BCUT2D eigenvalue weighted by Gasteiger charge is 2.15. The molecular formula is C10H9Cl2N3O2S. The quantitative estimate of drug-likeness (QED) is 0.909. The molecule has 2 N–H and O–H groups in total. The Kier molecular flexibility index (Phi) is 3.91. The van der Waals surface area contributed by atoms with Crippen LogP contribution >= 0.6 is 23.2 Å². The Hall–Kier alpha value is -1.08. The molecule has 8 heteroatoms. The molecule has 0 saturated carbocycles. The molecule has 2 rings (SSSR count). The minimum absolute atomic E-state index is 0.0273. The van der Waals surface area contributed by atoms with E-state index >= 15 is 0 Å². The third kappa shape index (κ3) is 3.23. The summed E-state index contributed by atoms with van der Waals surface area (Å²) >= 11 is 11.5. The van der Waals surface area contributed by atoms with E-state index in [2.05, 4.69) is 14.7 Å². The number of halogens is 2. The Morgan fingerprint density at radius 2 is 1.89 bits per heavy atom. The Morgan fingerprint density at radius 1 is 1.22 bits per heavy atom. The molecule has 0 aliphatic rings. The minimum Gasteiger partial charge on any atom is -0.347 e. The normalized spacial score (nSPS) is 11.7. The average molecular weight is 306 g/mol. The van der Waals surface area contributed by atoms with Crippen LogP contribution in [0.5, 0.6) is 0 Å². The monoisotopic (exact) mass is 305 g/mol. The number of hydrogen-bond donors (Lipinski definition) is 2. The number of sulfonamides is 1. The first-order chi connectivity index (χ1) is 8.47. The van der Waals surface area contributed by atoms with Crippen LogP contribution in [0.25, 0.3) is 0 Å². The van der Waals surface area contributed by atoms with Gasteiger partial charge in [-0.2, -0.15) is 0 Å². The number of aromatic nitrogens is 2. The molecule has 0 fully saturated rings. The van der Waals surface area contributed by atoms with E-state index < -0.39 is 10.0 Å². The van der Waals surface area contributed by atoms with E-state index in [0.717, 1.165) is 0 Å². The number of nitrogens with zero attached hydrogens (tertiary/aromatic N) is 1. The lowest BCUT2D eigenvalue weighted by atomic mass is 10.4. The summed E-state index contributed by atoms with van der Waals surface area (Å²) in [5.74, 6) is 0. The molecule has 2 aromatic rings. The van der Waals surface area contributed by atoms with E-state index in [-0.39, 0.29) is 21.5 Å². The van der Waals surface area contributed by atoms with Crippen molar-refractivity contribution in [2.24, 2.45) is 0 Å². The van der Waals surface area contributed by atoms with Crippen molar-refractivity contribution >= 4 is 33.2 Å². The standard InChI is InChI=1S/C10H9Cl2N3O2S/c11-7-1-8(12)3-10(2-7)18(16,17)15-5-9-4-13-6-14-9/h1-4,6,15H,5H2,(H,13,14). The Labute approximate surface area is 114 Å². The molecule has 0 unspecified atom stereocenters. The van der Waals surface area contributed by atoms with Crippen molar-refractivity contribution < 1.29 is 8.42 Å². The third-order valence-corrected chi connectivity index (χ3v) is 3.97. The van der Waals surface area contributed by atoms with Gasteiger partial charge in [0.15, 0.2) is 0 Å². The molecule has 1 aromatic heterocycles. The smallest absolute Gasteiger partial charge is 0.241 e. The van der Waals surface area contributed by atoms with Crippen molar-refractivity contribution in [3.05, 3.63) is 46.5 Å². The number of benzene rings is 1. The Balaban J connectivity index is 2.20. The highest BCUT2D eigenvalue weighted by molar-refractivity contribution is 7.89. The summed E-state index contributed by atoms with van der Waals surface area (Å²) in [5, 5.41) is 0.536. The molecule has 0 bridgehead atoms. The van der Waals surface area contributed by atoms with Crippen molar-refractivity contribution in [1.82, 2.24) is 14.7 Å². The third-order valence-electron chi connectivity index (χ3n) is 2.15. The molecule has 0 radical (unpaired) electrons. The average Bonchev–Trinajstić information content (AvgIpc) is 2.78. The molecule has 0 amide bonds. The van der Waals surface area contributed by atoms with Crippen LogP contribution in [0.4, 0.5) is 0 Å². The molecule has 0 atom stereocenters. The highest BCUT2D eigenvalue weighted by atomic mass is 35.5. The SMILES string of the molecule is O=S(=O)(NCc1cnc[nH]1)c1cc(Cl)cc(Cl)c1. The van der Waals surface area contributed by atoms with Crippen molar-refractivity contribution in [1.29, 1.82) is 0 Å². The van der Waals surface area contributed by atoms with Gasteiger partial charge in [0.1, 0.15) is 0 Å². The second kappa shape index (κ2) is 5.27. The topological polar surface area (TPSA) is 74.8 Å². The molecule has 0 aliphatic carbocycles. The second-order valence-corrected chi connectivity index (χ2v) is 6.15. The molecule has 18 heavy (non-hydrogen) atoms. The number of aromatic amines is 1. The first-order valence-corrected chi connectivity index (χ1v) is 7.14. The van der Waals surface area contributed by atoms with E-state index in [0.29, 0.717) is 5.69 Å². The summed E-state index contributed by atoms with van der Waals surface area (Å²) in [6.07, 6.45) is 3.01. The van der Waals surface area contributed by atoms with Crippen LogP contribution < -0.4 is 4.72 Å². The van der Waals surface area contributed by atoms with Gasteiger partial charge in [-0.3, -0.25) is 0 Å². The zero-order valence-corrected chi connectivity index (χ0v) is 11.4. The van der Waals surface area contributed by atoms with Gasteiger partial charge in [0, 0.05) is 21.9 Å². The predicted octanol–water partition coefficient (Wildman–Crippen LogP) is 2.20. The largest absolute Gasteiger partial charge is 0.347 e. The maximum Gasteiger partial charge on any atom is 0.241 e. The van der Waals surface area contributed by atoms with Gasteiger partial charge in [-0.1, -0.05) is 23.2 Å². The molecule has 1 heterocycles. The number of nitrogens with one attached hydrogen (secondary N) is 2. The van der Waals surface area contributed by atoms with Gasteiger partial charge >= 0.3 is 0 Å². The zero-order chi connectivity index (χ0) is 13.2. The van der Waals surface area contributed by atoms with Gasteiger partial charge in [-0.15, -0.1) is 0 Å². The van der Waals surface area contributed by atoms with Gasteiger partial charge < -0.3 is 4.98 Å². The van der Waals surface area contributed by atoms with E-state index in [1.807, 2.05) is 0 Å². The van der Waals surface area contributed by atoms with E-state index in [1.54, 1.807) is 0 Å². The van der Waals surface area contributed by atoms with Gasteiger partial charge in [-0.05, 0) is 18.2 Å². The summed E-state index contributed by atoms with van der Waals surface area (Å²) < 4.78 is 26.4. The summed E-state index contributed by atoms with van der Waals surface area (Å²) in [5.41, 5.74) is 0.659. The molecular weight excluding hydrogens is 297 g/mol. The zero-order valence-electron chi connectivity index (χ0n) is 9.02. The lowest BCUT2D eigenvalue weighted by Gasteiger charge is -2.06. The highest BCUT2D eigenvalue weighted by Crippen LogP contribution is 2.22. The Bertz CT molecular complexity index is 621. The molecule has 1 aromatic carbocycles. The van der Waals surface area contributed by atoms with Crippen LogP contribution in [0.3, 0.4) is 0 Å². The number of hydrogen-bond acceptors (Lipinski definition) is 3. The van der Waals surface area contributed by atoms with Crippen molar-refractivity contribution in [3.63, 3.8) is 0 Å². The number of rotatable bonds is 4. The summed E-state index contributed by atoms with van der Waals surface area (Å²) in [7, 11) is -3.65. The fourth-order valence-electron chi connectivity index (χ4n) is 1.32. The predicted molar refractivity (Wildman–Crippen MR) is 69.1 cm³/mol. The fourth-order valence-corrected chi connectivity index (χ4v) is 3.05. The van der Waals surface area contributed by atoms with E-state index in [9.17, 15) is 8.42 Å². The lowest BCUT2D eigenvalue weighted by Crippen LogP contribution is -2.23. The maximum atomic E-state index is 12.0. The van der Waals surface area contributed by atoms with Crippen LogP contribution in [0, 0.1) is 0 Å². The van der Waals surface area contributed by atoms with Crippen molar-refractivity contribution in [3.8, 4) is 0 Å². The van der Waals surface area contributed by atoms with Crippen LogP contribution in [-0.4, -0.2) is 18.4 Å². The summed E-state index contributed by atoms with van der Waals surface area (Å²) in [6.45, 7) is 0.118. The van der Waals surface area contributed by atoms with Crippen molar-refractivity contribution in [2.45, 2.75) is 11.4 Å². The number of imidazole rings is 1. The van der Waals surface area contributed by atoms with Crippen LogP contribution in [0.15, 0.2) is 35.6 Å². The van der Waals surface area contributed by atoms with Crippen LogP contribution in [0.1, 0.15) is 5.69 Å². The molecule has 96 valence electrons. The van der Waals surface area contributed by atoms with E-state index in [1.165, 1.54) is 30.7 Å². The maximum absolute atomic E-state index is 12.0. The van der Waals surface area contributed by atoms with Gasteiger partial charge in [-0.25, -0.2) is 18.1 Å². The first kappa shape index (κ1) is 13.4.